The fourth-order valence-electron chi connectivity index (χ4n) is 3.62. The van der Waals surface area contributed by atoms with Crippen LogP contribution in [0.5, 0.6) is 0 Å². The largest absolute Gasteiger partial charge is 0.300 e. The van der Waals surface area contributed by atoms with E-state index < -0.39 is 4.92 Å². The predicted molar refractivity (Wildman–Crippen MR) is 139 cm³/mol. The fourth-order valence-corrected chi connectivity index (χ4v) is 4.38. The molecular formula is C26H21Br2NO4. The van der Waals surface area contributed by atoms with E-state index in [-0.39, 0.29) is 23.7 Å². The lowest BCUT2D eigenvalue weighted by molar-refractivity contribution is -0.383. The van der Waals surface area contributed by atoms with E-state index in [2.05, 4.69) is 56.1 Å². The second-order valence-corrected chi connectivity index (χ2v) is 9.61. The minimum absolute atomic E-state index is 0.0233. The predicted octanol–water partition coefficient (Wildman–Crippen LogP) is 7.38. The Bertz CT molecular complexity index is 1380. The molecule has 0 N–H and O–H groups in total. The van der Waals surface area contributed by atoms with Crippen LogP contribution >= 0.6 is 31.9 Å². The zero-order chi connectivity index (χ0) is 24.1. The first-order valence-electron chi connectivity index (χ1n) is 10.2. The minimum Gasteiger partial charge on any atom is -0.300 e. The molecule has 0 atom stereocenters. The zero-order valence-corrected chi connectivity index (χ0v) is 21.3. The Labute approximate surface area is 208 Å². The van der Waals surface area contributed by atoms with Gasteiger partial charge in [-0.05, 0) is 65.9 Å². The Morgan fingerprint density at radius 2 is 1.30 bits per heavy atom. The summed E-state index contributed by atoms with van der Waals surface area (Å²) in [6.07, 6.45) is 0.605. The monoisotopic (exact) mass is 569 g/mol. The lowest BCUT2D eigenvalue weighted by atomic mass is 10.0. The summed E-state index contributed by atoms with van der Waals surface area (Å²) in [5, 5.41) is 14.9. The highest BCUT2D eigenvalue weighted by molar-refractivity contribution is 9.10. The molecule has 0 saturated carbocycles. The SMILES string of the molecule is CC(=O)Cc1ccc2cc(Br)ccc2c1.CC(=O)Cc1ccc2cc(Br)ccc2c1[N+](=O)[O-]. The normalized spacial score (nSPS) is 10.5. The highest BCUT2D eigenvalue weighted by Gasteiger charge is 2.19. The van der Waals surface area contributed by atoms with Crippen molar-refractivity contribution >= 4 is 70.7 Å². The molecule has 0 unspecified atom stereocenters. The Balaban J connectivity index is 0.000000189. The molecule has 4 aromatic rings. The summed E-state index contributed by atoms with van der Waals surface area (Å²) >= 11 is 6.77. The molecule has 33 heavy (non-hydrogen) atoms. The molecule has 0 saturated heterocycles. The molecule has 0 aliphatic carbocycles. The number of hydrogen-bond donors (Lipinski definition) is 0. The Hall–Kier alpha value is -2.90. The van der Waals surface area contributed by atoms with Gasteiger partial charge in [0.05, 0.1) is 10.3 Å². The Kier molecular flexibility index (Phi) is 8.10. The number of fused-ring (bicyclic) bond motifs is 2. The van der Waals surface area contributed by atoms with Crippen LogP contribution in [0.1, 0.15) is 25.0 Å². The van der Waals surface area contributed by atoms with Crippen molar-refractivity contribution in [1.29, 1.82) is 0 Å². The third-order valence-electron chi connectivity index (χ3n) is 4.98. The highest BCUT2D eigenvalue weighted by atomic mass is 79.9. The zero-order valence-electron chi connectivity index (χ0n) is 18.1. The molecule has 168 valence electrons. The summed E-state index contributed by atoms with van der Waals surface area (Å²) < 4.78 is 1.94. The van der Waals surface area contributed by atoms with Crippen molar-refractivity contribution in [2.45, 2.75) is 26.7 Å². The molecule has 0 spiro atoms. The average molecular weight is 571 g/mol. The van der Waals surface area contributed by atoms with E-state index in [0.29, 0.717) is 17.4 Å². The number of nitrogens with zero attached hydrogens (tertiary/aromatic N) is 1. The van der Waals surface area contributed by atoms with Crippen LogP contribution in [0.2, 0.25) is 0 Å². The van der Waals surface area contributed by atoms with Gasteiger partial charge in [-0.1, -0.05) is 68.3 Å². The number of nitro benzene ring substituents is 1. The maximum atomic E-state index is 11.2. The van der Waals surface area contributed by atoms with Crippen LogP contribution in [0.25, 0.3) is 21.5 Å². The molecule has 0 heterocycles. The summed E-state index contributed by atoms with van der Waals surface area (Å²) in [5.74, 6) is 0.112. The lowest BCUT2D eigenvalue weighted by Crippen LogP contribution is -2.02. The standard InChI is InChI=1S/C13H10BrNO3.C13H11BrO/c1-8(16)6-10-3-2-9-7-11(14)4-5-12(9)13(10)15(17)18;1-9(15)6-10-2-3-12-8-13(14)5-4-11(12)7-10/h2-5,7H,6H2,1H3;2-5,7-8H,6H2,1H3. The van der Waals surface area contributed by atoms with Crippen molar-refractivity contribution in [3.63, 3.8) is 0 Å². The molecule has 5 nitrogen and oxygen atoms in total. The van der Waals surface area contributed by atoms with Crippen molar-refractivity contribution in [3.8, 4) is 0 Å². The quantitative estimate of drug-likeness (QED) is 0.185. The molecule has 7 heteroatoms. The minimum atomic E-state index is -0.422. The third-order valence-corrected chi connectivity index (χ3v) is 5.97. The number of Topliss-reactive ketones (excluding diaryl/α,β-unsaturated/α-hetero) is 2. The molecular weight excluding hydrogens is 550 g/mol. The van der Waals surface area contributed by atoms with Crippen LogP contribution in [-0.4, -0.2) is 16.5 Å². The smallest absolute Gasteiger partial charge is 0.280 e. The van der Waals surface area contributed by atoms with Crippen LogP contribution in [-0.2, 0) is 22.4 Å². The number of nitro groups is 1. The van der Waals surface area contributed by atoms with Gasteiger partial charge in [-0.25, -0.2) is 0 Å². The first-order chi connectivity index (χ1) is 15.6. The first kappa shape index (κ1) is 24.7. The number of benzene rings is 4. The van der Waals surface area contributed by atoms with E-state index in [4.69, 9.17) is 0 Å². The molecule has 0 fully saturated rings. The van der Waals surface area contributed by atoms with E-state index in [1.807, 2.05) is 18.2 Å². The van der Waals surface area contributed by atoms with Gasteiger partial charge in [0.15, 0.2) is 0 Å². The maximum Gasteiger partial charge on any atom is 0.280 e. The first-order valence-corrected chi connectivity index (χ1v) is 11.7. The summed E-state index contributed by atoms with van der Waals surface area (Å²) in [4.78, 5) is 32.9. The van der Waals surface area contributed by atoms with E-state index in [9.17, 15) is 19.7 Å². The van der Waals surface area contributed by atoms with E-state index >= 15 is 0 Å². The van der Waals surface area contributed by atoms with Gasteiger partial charge in [0.1, 0.15) is 11.6 Å². The van der Waals surface area contributed by atoms with Crippen molar-refractivity contribution in [1.82, 2.24) is 0 Å². The van der Waals surface area contributed by atoms with Gasteiger partial charge in [0.25, 0.3) is 5.69 Å². The van der Waals surface area contributed by atoms with E-state index in [0.717, 1.165) is 19.9 Å². The van der Waals surface area contributed by atoms with Gasteiger partial charge in [0, 0.05) is 27.4 Å². The number of ketones is 2. The van der Waals surface area contributed by atoms with Crippen LogP contribution in [0.15, 0.2) is 75.7 Å². The van der Waals surface area contributed by atoms with Gasteiger partial charge in [-0.2, -0.15) is 0 Å². The van der Waals surface area contributed by atoms with Crippen LogP contribution in [0.4, 0.5) is 5.69 Å². The highest BCUT2D eigenvalue weighted by Crippen LogP contribution is 2.31. The van der Waals surface area contributed by atoms with E-state index in [1.165, 1.54) is 17.7 Å². The third kappa shape index (κ3) is 6.55. The molecule has 0 bridgehead atoms. The number of rotatable bonds is 5. The lowest BCUT2D eigenvalue weighted by Gasteiger charge is -2.05. The van der Waals surface area contributed by atoms with Gasteiger partial charge < -0.3 is 0 Å². The van der Waals surface area contributed by atoms with Crippen LogP contribution in [0.3, 0.4) is 0 Å². The Morgan fingerprint density at radius 3 is 1.94 bits per heavy atom. The summed E-state index contributed by atoms with van der Waals surface area (Å²) in [6, 6.07) is 21.0. The Morgan fingerprint density at radius 1 is 0.758 bits per heavy atom. The number of carbonyl (C=O) groups excluding carboxylic acids is 2. The number of carbonyl (C=O) groups is 2. The molecule has 0 aromatic heterocycles. The van der Waals surface area contributed by atoms with Crippen LogP contribution in [0, 0.1) is 10.1 Å². The summed E-state index contributed by atoms with van der Waals surface area (Å²) in [5.41, 5.74) is 1.56. The topological polar surface area (TPSA) is 77.3 Å². The molecule has 4 rings (SSSR count). The molecule has 0 radical (unpaired) electrons. The van der Waals surface area contributed by atoms with Crippen molar-refractivity contribution in [2.75, 3.05) is 0 Å². The van der Waals surface area contributed by atoms with Crippen LogP contribution < -0.4 is 0 Å². The second kappa shape index (κ2) is 10.8. The van der Waals surface area contributed by atoms with Crippen molar-refractivity contribution in [2.24, 2.45) is 0 Å². The average Bonchev–Trinajstić information content (AvgIpc) is 2.73. The van der Waals surface area contributed by atoms with Gasteiger partial charge >= 0.3 is 0 Å². The summed E-state index contributed by atoms with van der Waals surface area (Å²) in [7, 11) is 0. The molecule has 0 aliphatic rings. The summed E-state index contributed by atoms with van der Waals surface area (Å²) in [6.45, 7) is 3.04. The second-order valence-electron chi connectivity index (χ2n) is 7.78. The molecule has 0 aliphatic heterocycles. The van der Waals surface area contributed by atoms with Gasteiger partial charge in [-0.3, -0.25) is 19.7 Å². The van der Waals surface area contributed by atoms with Crippen molar-refractivity contribution < 1.29 is 14.5 Å². The fraction of sp³-hybridized carbons (Fsp3) is 0.154. The molecule has 0 amide bonds. The van der Waals surface area contributed by atoms with Crippen molar-refractivity contribution in [3.05, 3.63) is 96.9 Å². The van der Waals surface area contributed by atoms with Gasteiger partial charge in [0.2, 0.25) is 0 Å². The van der Waals surface area contributed by atoms with Gasteiger partial charge in [-0.15, -0.1) is 0 Å². The number of hydrogen-bond acceptors (Lipinski definition) is 4. The molecule has 4 aromatic carbocycles. The van der Waals surface area contributed by atoms with E-state index in [1.54, 1.807) is 31.2 Å². The maximum absolute atomic E-state index is 11.2. The number of halogens is 2.